The molecule has 0 aromatic heterocycles. The number of ether oxygens (including phenoxy) is 1. The van der Waals surface area contributed by atoms with Crippen LogP contribution in [0.15, 0.2) is 42.5 Å². The average Bonchev–Trinajstić information content (AvgIpc) is 2.86. The maximum absolute atomic E-state index is 13.2. The number of nitrogens with zero attached hydrogens (tertiary/aromatic N) is 2. The van der Waals surface area contributed by atoms with Crippen molar-refractivity contribution in [2.24, 2.45) is 0 Å². The van der Waals surface area contributed by atoms with Crippen molar-refractivity contribution < 1.29 is 14.3 Å². The predicted octanol–water partition coefficient (Wildman–Crippen LogP) is 5.71. The van der Waals surface area contributed by atoms with Gasteiger partial charge in [-0.25, -0.2) is 9.69 Å². The fraction of sp³-hybridized carbons (Fsp3) is 0.190. The van der Waals surface area contributed by atoms with Gasteiger partial charge in [-0.15, -0.1) is 0 Å². The van der Waals surface area contributed by atoms with Gasteiger partial charge in [0.25, 0.3) is 5.91 Å². The number of anilines is 1. The van der Waals surface area contributed by atoms with E-state index in [1.54, 1.807) is 57.2 Å². The molecule has 5 nitrogen and oxygen atoms in total. The second-order valence-electron chi connectivity index (χ2n) is 7.15. The second-order valence-corrected chi connectivity index (χ2v) is 8.03. The lowest BCUT2D eigenvalue weighted by Gasteiger charge is -2.23. The Labute approximate surface area is 172 Å². The van der Waals surface area contributed by atoms with Crippen LogP contribution in [0.4, 0.5) is 10.5 Å². The molecule has 0 saturated carbocycles. The summed E-state index contributed by atoms with van der Waals surface area (Å²) in [5, 5.41) is 10.6. The lowest BCUT2D eigenvalue weighted by atomic mass is 9.96. The molecule has 2 aromatic rings. The van der Waals surface area contributed by atoms with Crippen LogP contribution in [0, 0.1) is 11.3 Å². The van der Waals surface area contributed by atoms with E-state index >= 15 is 0 Å². The summed E-state index contributed by atoms with van der Waals surface area (Å²) in [6, 6.07) is 13.4. The standard InChI is InChI=1S/C21H16Cl2N2O3/c1-21(2,3)28-20(27)25-17-10-14(23)7-8-15(17)18(19(25)26)16(11-24)12-5-4-6-13(22)9-12/h4-10H,1-3H3/b18-16+. The molecule has 0 aliphatic carbocycles. The summed E-state index contributed by atoms with van der Waals surface area (Å²) < 4.78 is 5.37. The fourth-order valence-electron chi connectivity index (χ4n) is 2.88. The Bertz CT molecular complexity index is 1060. The van der Waals surface area contributed by atoms with Crippen molar-refractivity contribution in [2.45, 2.75) is 26.4 Å². The normalized spacial score (nSPS) is 15.1. The third-order valence-corrected chi connectivity index (χ3v) is 4.41. The predicted molar refractivity (Wildman–Crippen MR) is 109 cm³/mol. The monoisotopic (exact) mass is 414 g/mol. The second kappa shape index (κ2) is 7.31. The van der Waals surface area contributed by atoms with Gasteiger partial charge in [0.05, 0.1) is 16.8 Å². The minimum atomic E-state index is -0.834. The van der Waals surface area contributed by atoms with E-state index in [1.807, 2.05) is 0 Å². The largest absolute Gasteiger partial charge is 0.443 e. The maximum Gasteiger partial charge on any atom is 0.422 e. The van der Waals surface area contributed by atoms with Gasteiger partial charge in [-0.05, 0) is 50.6 Å². The van der Waals surface area contributed by atoms with Crippen LogP contribution in [0.3, 0.4) is 0 Å². The third kappa shape index (κ3) is 3.75. The summed E-state index contributed by atoms with van der Waals surface area (Å²) in [7, 11) is 0. The summed E-state index contributed by atoms with van der Waals surface area (Å²) in [6.07, 6.45) is -0.834. The van der Waals surface area contributed by atoms with Gasteiger partial charge in [0.1, 0.15) is 11.7 Å². The van der Waals surface area contributed by atoms with Gasteiger partial charge in [-0.2, -0.15) is 5.26 Å². The molecule has 0 radical (unpaired) electrons. The van der Waals surface area contributed by atoms with Gasteiger partial charge in [0.15, 0.2) is 0 Å². The number of carbonyl (C=O) groups is 2. The molecule has 1 aliphatic rings. The minimum Gasteiger partial charge on any atom is -0.443 e. The van der Waals surface area contributed by atoms with Crippen molar-refractivity contribution in [3.8, 4) is 6.07 Å². The molecule has 2 aromatic carbocycles. The molecular weight excluding hydrogens is 399 g/mol. The first-order valence-corrected chi connectivity index (χ1v) is 9.15. The van der Waals surface area contributed by atoms with Crippen LogP contribution in [-0.4, -0.2) is 17.6 Å². The van der Waals surface area contributed by atoms with Gasteiger partial charge >= 0.3 is 6.09 Å². The molecule has 3 rings (SSSR count). The highest BCUT2D eigenvalue weighted by atomic mass is 35.5. The Hall–Kier alpha value is -2.81. The summed E-state index contributed by atoms with van der Waals surface area (Å²) in [5.41, 5.74) is 0.594. The first kappa shape index (κ1) is 19.9. The summed E-state index contributed by atoms with van der Waals surface area (Å²) in [6.45, 7) is 5.11. The van der Waals surface area contributed by atoms with Crippen LogP contribution in [0.25, 0.3) is 11.1 Å². The molecular formula is C21H16Cl2N2O3. The van der Waals surface area contributed by atoms with Gasteiger partial charge in [0.2, 0.25) is 0 Å². The smallest absolute Gasteiger partial charge is 0.422 e. The van der Waals surface area contributed by atoms with E-state index in [-0.39, 0.29) is 16.8 Å². The van der Waals surface area contributed by atoms with Crippen molar-refractivity contribution >= 4 is 52.0 Å². The van der Waals surface area contributed by atoms with E-state index in [2.05, 4.69) is 6.07 Å². The lowest BCUT2D eigenvalue weighted by Crippen LogP contribution is -2.38. The zero-order chi connectivity index (χ0) is 20.6. The highest BCUT2D eigenvalue weighted by molar-refractivity contribution is 6.44. The van der Waals surface area contributed by atoms with E-state index in [0.29, 0.717) is 21.2 Å². The SMILES string of the molecule is CC(C)(C)OC(=O)N1C(=O)/C(=C(\C#N)c2cccc(Cl)c2)c2ccc(Cl)cc21. The molecule has 0 spiro atoms. The van der Waals surface area contributed by atoms with Crippen molar-refractivity contribution in [3.63, 3.8) is 0 Å². The Morgan fingerprint density at radius 2 is 1.79 bits per heavy atom. The molecule has 0 fully saturated rings. The number of fused-ring (bicyclic) bond motifs is 1. The Morgan fingerprint density at radius 3 is 2.39 bits per heavy atom. The Balaban J connectivity index is 2.23. The average molecular weight is 415 g/mol. The van der Waals surface area contributed by atoms with Crippen molar-refractivity contribution in [2.75, 3.05) is 4.90 Å². The number of amides is 2. The zero-order valence-corrected chi connectivity index (χ0v) is 16.9. The number of benzene rings is 2. The molecule has 142 valence electrons. The van der Waals surface area contributed by atoms with Crippen molar-refractivity contribution in [3.05, 3.63) is 63.6 Å². The summed E-state index contributed by atoms with van der Waals surface area (Å²) in [4.78, 5) is 26.8. The number of rotatable bonds is 1. The van der Waals surface area contributed by atoms with Crippen LogP contribution in [0.2, 0.25) is 10.0 Å². The molecule has 0 saturated heterocycles. The highest BCUT2D eigenvalue weighted by Gasteiger charge is 2.41. The number of imide groups is 1. The Morgan fingerprint density at radius 1 is 1.11 bits per heavy atom. The molecule has 0 atom stereocenters. The van der Waals surface area contributed by atoms with Gasteiger partial charge in [0, 0.05) is 15.6 Å². The van der Waals surface area contributed by atoms with Crippen LogP contribution in [0.1, 0.15) is 31.9 Å². The van der Waals surface area contributed by atoms with E-state index in [9.17, 15) is 14.9 Å². The van der Waals surface area contributed by atoms with Gasteiger partial charge in [-0.3, -0.25) is 4.79 Å². The number of halogens is 2. The van der Waals surface area contributed by atoms with Crippen molar-refractivity contribution in [1.82, 2.24) is 0 Å². The van der Waals surface area contributed by atoms with Crippen LogP contribution in [-0.2, 0) is 9.53 Å². The number of allylic oxidation sites excluding steroid dienone is 1. The molecule has 7 heteroatoms. The zero-order valence-electron chi connectivity index (χ0n) is 15.4. The molecule has 28 heavy (non-hydrogen) atoms. The lowest BCUT2D eigenvalue weighted by molar-refractivity contribution is -0.112. The van der Waals surface area contributed by atoms with Gasteiger partial charge in [-0.1, -0.05) is 41.4 Å². The number of hydrogen-bond acceptors (Lipinski definition) is 4. The summed E-state index contributed by atoms with van der Waals surface area (Å²) in [5.74, 6) is -0.650. The van der Waals surface area contributed by atoms with Crippen LogP contribution < -0.4 is 4.90 Å². The molecule has 1 aliphatic heterocycles. The first-order chi connectivity index (χ1) is 13.1. The maximum atomic E-state index is 13.2. The molecule has 0 N–H and O–H groups in total. The summed E-state index contributed by atoms with van der Waals surface area (Å²) >= 11 is 12.1. The molecule has 2 amide bonds. The number of hydrogen-bond donors (Lipinski definition) is 0. The van der Waals surface area contributed by atoms with Crippen LogP contribution in [0.5, 0.6) is 0 Å². The first-order valence-electron chi connectivity index (χ1n) is 8.40. The molecule has 0 bridgehead atoms. The fourth-order valence-corrected chi connectivity index (χ4v) is 3.23. The quantitative estimate of drug-likeness (QED) is 0.442. The topological polar surface area (TPSA) is 70.4 Å². The van der Waals surface area contributed by atoms with Crippen molar-refractivity contribution in [1.29, 1.82) is 5.26 Å². The molecule has 0 unspecified atom stereocenters. The van der Waals surface area contributed by atoms with E-state index < -0.39 is 17.6 Å². The minimum absolute atomic E-state index is 0.0993. The van der Waals surface area contributed by atoms with E-state index in [4.69, 9.17) is 27.9 Å². The van der Waals surface area contributed by atoms with E-state index in [0.717, 1.165) is 4.90 Å². The Kier molecular flexibility index (Phi) is 5.20. The highest BCUT2D eigenvalue weighted by Crippen LogP contribution is 2.42. The molecule has 1 heterocycles. The third-order valence-electron chi connectivity index (χ3n) is 3.94. The number of nitriles is 1. The van der Waals surface area contributed by atoms with E-state index in [1.165, 1.54) is 6.07 Å². The number of carbonyl (C=O) groups excluding carboxylic acids is 2. The van der Waals surface area contributed by atoms with Gasteiger partial charge < -0.3 is 4.74 Å². The van der Waals surface area contributed by atoms with Crippen LogP contribution >= 0.6 is 23.2 Å².